The molecule has 1 fully saturated rings. The fraction of sp³-hybridized carbons (Fsp3) is 0.286. The van der Waals surface area contributed by atoms with Gasteiger partial charge in [0.15, 0.2) is 0 Å². The lowest BCUT2D eigenvalue weighted by Crippen LogP contribution is -2.53. The van der Waals surface area contributed by atoms with Crippen LogP contribution in [0.5, 0.6) is 0 Å². The number of carbonyl (C=O) groups is 2. The van der Waals surface area contributed by atoms with Crippen LogP contribution in [-0.4, -0.2) is 34.3 Å². The van der Waals surface area contributed by atoms with Crippen LogP contribution < -0.4 is 5.32 Å². The van der Waals surface area contributed by atoms with E-state index in [9.17, 15) is 14.0 Å². The molecule has 0 bridgehead atoms. The first-order valence-electron chi connectivity index (χ1n) is 9.24. The van der Waals surface area contributed by atoms with Crippen molar-refractivity contribution in [2.75, 3.05) is 6.54 Å². The highest BCUT2D eigenvalue weighted by atomic mass is 32.1. The Balaban J connectivity index is 1.53. The van der Waals surface area contributed by atoms with E-state index in [2.05, 4.69) is 10.3 Å². The molecule has 0 saturated carbocycles. The van der Waals surface area contributed by atoms with Crippen LogP contribution in [0.4, 0.5) is 4.39 Å². The van der Waals surface area contributed by atoms with Crippen molar-refractivity contribution in [3.63, 3.8) is 0 Å². The highest BCUT2D eigenvalue weighted by Crippen LogP contribution is 2.27. The summed E-state index contributed by atoms with van der Waals surface area (Å²) in [6, 6.07) is 9.23. The van der Waals surface area contributed by atoms with Crippen molar-refractivity contribution in [3.05, 3.63) is 65.0 Å². The van der Waals surface area contributed by atoms with Gasteiger partial charge in [0, 0.05) is 18.3 Å². The Bertz CT molecular complexity index is 1040. The summed E-state index contributed by atoms with van der Waals surface area (Å²) in [6.45, 7) is 2.36. The molecule has 1 aromatic carbocycles. The minimum atomic E-state index is -0.632. The number of hydrogen-bond acceptors (Lipinski definition) is 4. The monoisotopic (exact) mass is 397 g/mol. The smallest absolute Gasteiger partial charge is 0.272 e. The molecule has 3 aromatic rings. The predicted molar refractivity (Wildman–Crippen MR) is 107 cm³/mol. The van der Waals surface area contributed by atoms with E-state index in [0.717, 1.165) is 16.5 Å². The van der Waals surface area contributed by atoms with Crippen LogP contribution in [-0.2, 0) is 4.79 Å². The minimum absolute atomic E-state index is 0.186. The van der Waals surface area contributed by atoms with Gasteiger partial charge in [-0.25, -0.2) is 9.37 Å². The maximum atomic E-state index is 14.2. The number of amides is 2. The average molecular weight is 397 g/mol. The second-order valence-corrected chi connectivity index (χ2v) is 7.81. The quantitative estimate of drug-likeness (QED) is 0.726. The summed E-state index contributed by atoms with van der Waals surface area (Å²) in [5.74, 6) is -0.872. The molecule has 1 aliphatic rings. The van der Waals surface area contributed by atoms with Gasteiger partial charge >= 0.3 is 0 Å². The molecule has 144 valence electrons. The van der Waals surface area contributed by atoms with Crippen LogP contribution in [0.3, 0.4) is 0 Å². The molecular weight excluding hydrogens is 377 g/mol. The molecule has 0 aliphatic carbocycles. The Morgan fingerprint density at radius 3 is 2.96 bits per heavy atom. The Morgan fingerprint density at radius 2 is 2.14 bits per heavy atom. The van der Waals surface area contributed by atoms with Crippen molar-refractivity contribution >= 4 is 33.2 Å². The molecule has 0 radical (unpaired) electrons. The lowest BCUT2D eigenvalue weighted by atomic mass is 9.99. The highest BCUT2D eigenvalue weighted by molar-refractivity contribution is 7.17. The van der Waals surface area contributed by atoms with Gasteiger partial charge in [0.05, 0.1) is 10.7 Å². The first-order valence-corrected chi connectivity index (χ1v) is 10.1. The maximum absolute atomic E-state index is 14.2. The Labute approximate surface area is 166 Å². The molecule has 4 rings (SSSR count). The van der Waals surface area contributed by atoms with Crippen molar-refractivity contribution in [3.8, 4) is 0 Å². The molecule has 5 nitrogen and oxygen atoms in total. The van der Waals surface area contributed by atoms with Gasteiger partial charge in [-0.15, -0.1) is 11.3 Å². The maximum Gasteiger partial charge on any atom is 0.272 e. The van der Waals surface area contributed by atoms with Crippen LogP contribution >= 0.6 is 11.3 Å². The standard InChI is InChI=1S/C21H20FN3O2S/c1-13(15-5-2-3-6-16(15)22)25-11-4-7-17(21(25)27)24-20(26)18-19-14(8-10-23-18)9-12-28-19/h2-3,5-6,8-10,12-13,17H,4,7,11H2,1H3,(H,24,26). The minimum Gasteiger partial charge on any atom is -0.339 e. The number of likely N-dealkylation sites (tertiary alicyclic amines) is 1. The van der Waals surface area contributed by atoms with Crippen LogP contribution in [0.2, 0.25) is 0 Å². The van der Waals surface area contributed by atoms with E-state index >= 15 is 0 Å². The van der Waals surface area contributed by atoms with E-state index in [0.29, 0.717) is 24.2 Å². The van der Waals surface area contributed by atoms with Gasteiger partial charge in [0.2, 0.25) is 5.91 Å². The number of nitrogens with one attached hydrogen (secondary N) is 1. The van der Waals surface area contributed by atoms with Crippen molar-refractivity contribution in [1.29, 1.82) is 0 Å². The van der Waals surface area contributed by atoms with Crippen molar-refractivity contribution in [2.45, 2.75) is 31.8 Å². The zero-order chi connectivity index (χ0) is 19.7. The van der Waals surface area contributed by atoms with E-state index in [1.807, 2.05) is 24.4 Å². The highest BCUT2D eigenvalue weighted by Gasteiger charge is 2.34. The number of benzene rings is 1. The number of carbonyl (C=O) groups excluding carboxylic acids is 2. The third kappa shape index (κ3) is 3.38. The summed E-state index contributed by atoms with van der Waals surface area (Å²) in [6.07, 6.45) is 2.90. The SMILES string of the molecule is CC(c1ccccc1F)N1CCCC(NC(=O)c2nccc3ccsc23)C1=O. The van der Waals surface area contributed by atoms with Crippen molar-refractivity contribution < 1.29 is 14.0 Å². The van der Waals surface area contributed by atoms with Gasteiger partial charge in [0.25, 0.3) is 5.91 Å². The Hall–Kier alpha value is -2.80. The molecular formula is C21H20FN3O2S. The van der Waals surface area contributed by atoms with E-state index in [1.54, 1.807) is 29.3 Å². The molecule has 3 heterocycles. The number of piperidine rings is 1. The zero-order valence-electron chi connectivity index (χ0n) is 15.4. The number of pyridine rings is 1. The van der Waals surface area contributed by atoms with E-state index in [-0.39, 0.29) is 17.6 Å². The first-order chi connectivity index (χ1) is 13.6. The predicted octanol–water partition coefficient (Wildman–Crippen LogP) is 3.92. The molecule has 0 spiro atoms. The van der Waals surface area contributed by atoms with E-state index < -0.39 is 12.1 Å². The number of fused-ring (bicyclic) bond motifs is 1. The van der Waals surface area contributed by atoms with Gasteiger partial charge in [0.1, 0.15) is 17.6 Å². The normalized spacial score (nSPS) is 18.3. The molecule has 2 atom stereocenters. The summed E-state index contributed by atoms with van der Waals surface area (Å²) in [5, 5.41) is 5.70. The summed E-state index contributed by atoms with van der Waals surface area (Å²) in [5.41, 5.74) is 0.812. The summed E-state index contributed by atoms with van der Waals surface area (Å²) in [4.78, 5) is 31.6. The van der Waals surface area contributed by atoms with Crippen molar-refractivity contribution in [2.24, 2.45) is 0 Å². The van der Waals surface area contributed by atoms with Gasteiger partial charge in [-0.1, -0.05) is 18.2 Å². The number of thiophene rings is 1. The third-order valence-electron chi connectivity index (χ3n) is 5.18. The molecule has 28 heavy (non-hydrogen) atoms. The molecule has 1 N–H and O–H groups in total. The largest absolute Gasteiger partial charge is 0.339 e. The van der Waals surface area contributed by atoms with Gasteiger partial charge < -0.3 is 10.2 Å². The Morgan fingerprint density at radius 1 is 1.32 bits per heavy atom. The number of aromatic nitrogens is 1. The van der Waals surface area contributed by atoms with E-state index in [1.165, 1.54) is 17.4 Å². The fourth-order valence-electron chi connectivity index (χ4n) is 3.68. The molecule has 2 unspecified atom stereocenters. The molecule has 1 saturated heterocycles. The average Bonchev–Trinajstić information content (AvgIpc) is 3.18. The fourth-order valence-corrected chi connectivity index (χ4v) is 4.56. The number of nitrogens with zero attached hydrogens (tertiary/aromatic N) is 2. The lowest BCUT2D eigenvalue weighted by molar-refractivity contribution is -0.138. The summed E-state index contributed by atoms with van der Waals surface area (Å²) in [7, 11) is 0. The first kappa shape index (κ1) is 18.6. The van der Waals surface area contributed by atoms with Crippen LogP contribution in [0.1, 0.15) is 41.9 Å². The van der Waals surface area contributed by atoms with Crippen molar-refractivity contribution in [1.82, 2.24) is 15.2 Å². The lowest BCUT2D eigenvalue weighted by Gasteiger charge is -2.37. The zero-order valence-corrected chi connectivity index (χ0v) is 16.2. The number of hydrogen-bond donors (Lipinski definition) is 1. The van der Waals surface area contributed by atoms with Crippen LogP contribution in [0.25, 0.3) is 10.1 Å². The summed E-state index contributed by atoms with van der Waals surface area (Å²) < 4.78 is 15.0. The van der Waals surface area contributed by atoms with Crippen LogP contribution in [0, 0.1) is 5.82 Å². The molecule has 2 aromatic heterocycles. The van der Waals surface area contributed by atoms with Gasteiger partial charge in [-0.2, -0.15) is 0 Å². The molecule has 1 aliphatic heterocycles. The topological polar surface area (TPSA) is 62.3 Å². The van der Waals surface area contributed by atoms with Crippen LogP contribution in [0.15, 0.2) is 48.0 Å². The van der Waals surface area contributed by atoms with E-state index in [4.69, 9.17) is 0 Å². The molecule has 7 heteroatoms. The van der Waals surface area contributed by atoms with Gasteiger partial charge in [-0.3, -0.25) is 9.59 Å². The second kappa shape index (κ2) is 7.67. The number of halogens is 1. The Kier molecular flexibility index (Phi) is 5.09. The second-order valence-electron chi connectivity index (χ2n) is 6.90. The third-order valence-corrected chi connectivity index (χ3v) is 6.12. The van der Waals surface area contributed by atoms with Gasteiger partial charge in [-0.05, 0) is 48.7 Å². The summed E-state index contributed by atoms with van der Waals surface area (Å²) >= 11 is 1.45. The number of rotatable bonds is 4. The molecule has 2 amide bonds.